The first kappa shape index (κ1) is 24.6. The molecule has 7 heteroatoms. The number of carbonyl (C=O) groups excluding carboxylic acids is 2. The van der Waals surface area contributed by atoms with Crippen LogP contribution in [0.4, 0.5) is 21.9 Å². The lowest BCUT2D eigenvalue weighted by atomic mass is 9.75. The predicted octanol–water partition coefficient (Wildman–Crippen LogP) is 5.70. The number of benzene rings is 3. The molecule has 1 heterocycles. The largest absolute Gasteiger partial charge is 0.481 e. The van der Waals surface area contributed by atoms with E-state index in [1.807, 2.05) is 95.9 Å². The van der Waals surface area contributed by atoms with Gasteiger partial charge in [0.05, 0.1) is 5.41 Å². The highest BCUT2D eigenvalue weighted by Crippen LogP contribution is 2.40. The van der Waals surface area contributed by atoms with Gasteiger partial charge in [0.25, 0.3) is 0 Å². The molecular weight excluding hydrogens is 466 g/mol. The van der Waals surface area contributed by atoms with Crippen LogP contribution in [0.25, 0.3) is 0 Å². The molecule has 1 N–H and O–H groups in total. The molecule has 37 heavy (non-hydrogen) atoms. The van der Waals surface area contributed by atoms with Gasteiger partial charge < -0.3 is 10.0 Å². The van der Waals surface area contributed by atoms with Crippen LogP contribution < -0.4 is 9.80 Å². The lowest BCUT2D eigenvalue weighted by Crippen LogP contribution is -2.52. The zero-order valence-corrected chi connectivity index (χ0v) is 20.7. The highest BCUT2D eigenvalue weighted by Gasteiger charge is 2.46. The van der Waals surface area contributed by atoms with Crippen LogP contribution in [0, 0.1) is 5.41 Å². The molecule has 3 amide bonds. The Morgan fingerprint density at radius 1 is 0.757 bits per heavy atom. The van der Waals surface area contributed by atoms with Crippen LogP contribution in [0.15, 0.2) is 91.0 Å². The smallest absolute Gasteiger partial charge is 0.324 e. The van der Waals surface area contributed by atoms with Crippen molar-refractivity contribution >= 4 is 35.0 Å². The van der Waals surface area contributed by atoms with Gasteiger partial charge in [-0.05, 0) is 62.1 Å². The number of nitrogens with zero attached hydrogens (tertiary/aromatic N) is 3. The first-order valence-electron chi connectivity index (χ1n) is 12.8. The highest BCUT2D eigenvalue weighted by molar-refractivity contribution is 6.02. The van der Waals surface area contributed by atoms with Crippen molar-refractivity contribution in [2.75, 3.05) is 22.9 Å². The van der Waals surface area contributed by atoms with Gasteiger partial charge in [-0.3, -0.25) is 19.4 Å². The Kier molecular flexibility index (Phi) is 6.95. The maximum atomic E-state index is 13.7. The molecule has 0 aromatic heterocycles. The Morgan fingerprint density at radius 3 is 1.65 bits per heavy atom. The predicted molar refractivity (Wildman–Crippen MR) is 143 cm³/mol. The first-order chi connectivity index (χ1) is 18.0. The number of likely N-dealkylation sites (tertiary alicyclic amines) is 1. The number of hydrogen-bond donors (Lipinski definition) is 1. The number of urea groups is 1. The summed E-state index contributed by atoms with van der Waals surface area (Å²) in [6, 6.07) is 28.3. The minimum atomic E-state index is -1.23. The number of piperidine rings is 1. The van der Waals surface area contributed by atoms with Crippen LogP contribution in [0.2, 0.25) is 0 Å². The van der Waals surface area contributed by atoms with Crippen LogP contribution in [0.3, 0.4) is 0 Å². The fourth-order valence-electron chi connectivity index (χ4n) is 5.10. The third-order valence-corrected chi connectivity index (χ3v) is 7.37. The van der Waals surface area contributed by atoms with E-state index in [2.05, 4.69) is 0 Å². The molecule has 190 valence electrons. The molecule has 1 saturated carbocycles. The van der Waals surface area contributed by atoms with Crippen molar-refractivity contribution < 1.29 is 19.5 Å². The zero-order chi connectivity index (χ0) is 25.8. The number of anilines is 3. The molecule has 3 aromatic carbocycles. The van der Waals surface area contributed by atoms with E-state index in [0.717, 1.165) is 18.5 Å². The van der Waals surface area contributed by atoms with Gasteiger partial charge in [0.2, 0.25) is 5.91 Å². The summed E-state index contributed by atoms with van der Waals surface area (Å²) in [5.74, 6) is -1.26. The van der Waals surface area contributed by atoms with Gasteiger partial charge in [-0.25, -0.2) is 4.79 Å². The fourth-order valence-corrected chi connectivity index (χ4v) is 5.10. The molecule has 7 nitrogen and oxygen atoms in total. The van der Waals surface area contributed by atoms with Crippen molar-refractivity contribution in [3.8, 4) is 0 Å². The lowest BCUT2D eigenvalue weighted by molar-refractivity contribution is -0.154. The second kappa shape index (κ2) is 10.5. The van der Waals surface area contributed by atoms with Crippen LogP contribution in [0.1, 0.15) is 32.1 Å². The maximum absolute atomic E-state index is 13.7. The maximum Gasteiger partial charge on any atom is 0.324 e. The van der Waals surface area contributed by atoms with Crippen molar-refractivity contribution in [2.24, 2.45) is 5.41 Å². The Labute approximate surface area is 216 Å². The van der Waals surface area contributed by atoms with E-state index < -0.39 is 11.4 Å². The number of amides is 3. The van der Waals surface area contributed by atoms with E-state index in [1.165, 1.54) is 0 Å². The normalized spacial score (nSPS) is 16.6. The third-order valence-electron chi connectivity index (χ3n) is 7.37. The molecule has 2 fully saturated rings. The SMILES string of the molecule is O=C(CC1(C(=O)O)CCN(C(=O)N(c2ccccc2)C2CC2)CC1)N(c1ccccc1)c1ccccc1. The van der Waals surface area contributed by atoms with Crippen LogP contribution >= 0.6 is 0 Å². The van der Waals surface area contributed by atoms with E-state index in [0.29, 0.717) is 24.5 Å². The molecule has 1 saturated heterocycles. The number of carboxylic acids is 1. The Balaban J connectivity index is 1.33. The quantitative estimate of drug-likeness (QED) is 0.454. The van der Waals surface area contributed by atoms with E-state index in [1.54, 1.807) is 9.80 Å². The Bertz CT molecular complexity index is 1200. The minimum Gasteiger partial charge on any atom is -0.481 e. The first-order valence-corrected chi connectivity index (χ1v) is 12.8. The summed E-state index contributed by atoms with van der Waals surface area (Å²) in [5, 5.41) is 10.3. The van der Waals surface area contributed by atoms with Crippen molar-refractivity contribution in [1.82, 2.24) is 4.90 Å². The Hall–Kier alpha value is -4.13. The second-order valence-corrected chi connectivity index (χ2v) is 9.87. The molecule has 0 spiro atoms. The van der Waals surface area contributed by atoms with Gasteiger partial charge in [0, 0.05) is 42.6 Å². The number of para-hydroxylation sites is 3. The number of aliphatic carboxylic acids is 1. The summed E-state index contributed by atoms with van der Waals surface area (Å²) < 4.78 is 0. The highest BCUT2D eigenvalue weighted by atomic mass is 16.4. The number of rotatable bonds is 7. The topological polar surface area (TPSA) is 81.2 Å². The van der Waals surface area contributed by atoms with Gasteiger partial charge in [-0.15, -0.1) is 0 Å². The molecule has 0 radical (unpaired) electrons. The Morgan fingerprint density at radius 2 is 1.22 bits per heavy atom. The molecule has 1 aliphatic heterocycles. The molecule has 0 bridgehead atoms. The van der Waals surface area contributed by atoms with Crippen molar-refractivity contribution in [3.63, 3.8) is 0 Å². The standard InChI is InChI=1S/C30H31N3O4/c34-27(32(23-10-4-1-5-11-23)24-12-6-2-7-13-24)22-30(28(35)36)18-20-31(21-19-30)29(37)33(26-16-17-26)25-14-8-3-9-15-25/h1-15,26H,16-22H2,(H,35,36). The van der Waals surface area contributed by atoms with E-state index >= 15 is 0 Å². The molecule has 1 aliphatic carbocycles. The van der Waals surface area contributed by atoms with Crippen LogP contribution in [0.5, 0.6) is 0 Å². The number of carbonyl (C=O) groups is 3. The van der Waals surface area contributed by atoms with E-state index in [9.17, 15) is 19.5 Å². The second-order valence-electron chi connectivity index (χ2n) is 9.87. The van der Waals surface area contributed by atoms with E-state index in [-0.39, 0.29) is 37.2 Å². The van der Waals surface area contributed by atoms with Crippen LogP contribution in [-0.4, -0.2) is 47.0 Å². The number of carboxylic acid groups (broad SMARTS) is 1. The summed E-state index contributed by atoms with van der Waals surface area (Å²) >= 11 is 0. The fraction of sp³-hybridized carbons (Fsp3) is 0.300. The van der Waals surface area contributed by atoms with E-state index in [4.69, 9.17) is 0 Å². The van der Waals surface area contributed by atoms with Gasteiger partial charge in [-0.2, -0.15) is 0 Å². The lowest BCUT2D eigenvalue weighted by Gasteiger charge is -2.41. The average Bonchev–Trinajstić information content (AvgIpc) is 3.76. The van der Waals surface area contributed by atoms with Gasteiger partial charge in [0.15, 0.2) is 0 Å². The molecule has 2 aliphatic rings. The zero-order valence-electron chi connectivity index (χ0n) is 20.7. The molecule has 5 rings (SSSR count). The average molecular weight is 498 g/mol. The molecule has 3 aromatic rings. The van der Waals surface area contributed by atoms with Crippen molar-refractivity contribution in [1.29, 1.82) is 0 Å². The monoisotopic (exact) mass is 497 g/mol. The van der Waals surface area contributed by atoms with Crippen LogP contribution in [-0.2, 0) is 9.59 Å². The van der Waals surface area contributed by atoms with Gasteiger partial charge in [-0.1, -0.05) is 54.6 Å². The molecule has 0 unspecified atom stereocenters. The van der Waals surface area contributed by atoms with Gasteiger partial charge in [0.1, 0.15) is 0 Å². The summed E-state index contributed by atoms with van der Waals surface area (Å²) in [7, 11) is 0. The van der Waals surface area contributed by atoms with Crippen molar-refractivity contribution in [2.45, 2.75) is 38.1 Å². The summed E-state index contributed by atoms with van der Waals surface area (Å²) in [6.07, 6.45) is 2.25. The third kappa shape index (κ3) is 5.21. The molecular formula is C30H31N3O4. The number of hydrogen-bond acceptors (Lipinski definition) is 3. The molecule has 0 atom stereocenters. The summed E-state index contributed by atoms with van der Waals surface area (Å²) in [5.41, 5.74) is 1.01. The van der Waals surface area contributed by atoms with Crippen molar-refractivity contribution in [3.05, 3.63) is 91.0 Å². The van der Waals surface area contributed by atoms with Gasteiger partial charge >= 0.3 is 12.0 Å². The summed E-state index contributed by atoms with van der Waals surface area (Å²) in [4.78, 5) is 44.9. The summed E-state index contributed by atoms with van der Waals surface area (Å²) in [6.45, 7) is 0.594. The minimum absolute atomic E-state index is 0.0887.